The molecule has 2 aromatic carbocycles. The smallest absolute Gasteiger partial charge is 0.264 e. The van der Waals surface area contributed by atoms with Crippen LogP contribution in [0.15, 0.2) is 47.4 Å². The van der Waals surface area contributed by atoms with Crippen LogP contribution in [0.1, 0.15) is 30.4 Å². The van der Waals surface area contributed by atoms with Crippen LogP contribution in [0.5, 0.6) is 0 Å². The van der Waals surface area contributed by atoms with E-state index in [1.165, 1.54) is 8.61 Å². The molecule has 2 aliphatic rings. The average molecular weight is 421 g/mol. The fourth-order valence-corrected chi connectivity index (χ4v) is 7.41. The Kier molecular flexibility index (Phi) is 4.87. The first-order valence-corrected chi connectivity index (χ1v) is 12.6. The number of anilines is 2. The highest BCUT2D eigenvalue weighted by Gasteiger charge is 2.31. The van der Waals surface area contributed by atoms with Gasteiger partial charge in [-0.2, -0.15) is 0 Å². The molecule has 0 amide bonds. The van der Waals surface area contributed by atoms with Gasteiger partial charge in [0.25, 0.3) is 10.0 Å². The summed E-state index contributed by atoms with van der Waals surface area (Å²) in [7, 11) is -7.05. The SMILES string of the molecule is Cc1cc(N2CCCCS2(=O)=O)ccc1S(=O)(=O)N1CCCc2ccccc21. The zero-order chi connectivity index (χ0) is 19.9. The van der Waals surface area contributed by atoms with E-state index in [4.69, 9.17) is 0 Å². The highest BCUT2D eigenvalue weighted by molar-refractivity contribution is 7.93. The lowest BCUT2D eigenvalue weighted by Gasteiger charge is -2.31. The monoisotopic (exact) mass is 420 g/mol. The summed E-state index contributed by atoms with van der Waals surface area (Å²) in [6.07, 6.45) is 3.12. The van der Waals surface area contributed by atoms with E-state index in [9.17, 15) is 16.8 Å². The van der Waals surface area contributed by atoms with Gasteiger partial charge < -0.3 is 0 Å². The van der Waals surface area contributed by atoms with Crippen molar-refractivity contribution in [1.29, 1.82) is 0 Å². The predicted octanol–water partition coefficient (Wildman–Crippen LogP) is 3.07. The Balaban J connectivity index is 1.72. The van der Waals surface area contributed by atoms with Gasteiger partial charge in [-0.3, -0.25) is 8.61 Å². The standard InChI is InChI=1S/C20H24N2O4S2/c1-16-15-18(21-12-4-5-14-27(21,23)24)10-11-20(16)28(25,26)22-13-6-8-17-7-2-3-9-19(17)22/h2-3,7,9-11,15H,4-6,8,12-14H2,1H3. The van der Waals surface area contributed by atoms with Crippen LogP contribution in [-0.4, -0.2) is 35.7 Å². The average Bonchev–Trinajstić information content (AvgIpc) is 2.67. The number of sulfonamides is 2. The van der Waals surface area contributed by atoms with Gasteiger partial charge in [0.2, 0.25) is 10.0 Å². The van der Waals surface area contributed by atoms with Crippen LogP contribution in [0.2, 0.25) is 0 Å². The Morgan fingerprint density at radius 3 is 2.50 bits per heavy atom. The van der Waals surface area contributed by atoms with Gasteiger partial charge in [-0.15, -0.1) is 0 Å². The van der Waals surface area contributed by atoms with Crippen LogP contribution in [0, 0.1) is 6.92 Å². The number of aryl methyl sites for hydroxylation is 2. The molecule has 2 heterocycles. The molecule has 4 rings (SSSR count). The Morgan fingerprint density at radius 1 is 0.964 bits per heavy atom. The third-order valence-corrected chi connectivity index (χ3v) is 9.27. The first kappa shape index (κ1) is 19.3. The molecule has 0 saturated carbocycles. The first-order valence-electron chi connectivity index (χ1n) is 9.52. The maximum atomic E-state index is 13.4. The molecule has 0 bridgehead atoms. The highest BCUT2D eigenvalue weighted by atomic mass is 32.2. The molecule has 0 unspecified atom stereocenters. The van der Waals surface area contributed by atoms with E-state index in [1.807, 2.05) is 24.3 Å². The number of rotatable bonds is 3. The van der Waals surface area contributed by atoms with Gasteiger partial charge in [0.05, 0.1) is 22.0 Å². The van der Waals surface area contributed by atoms with E-state index in [0.29, 0.717) is 30.8 Å². The molecule has 0 N–H and O–H groups in total. The molecule has 0 radical (unpaired) electrons. The van der Waals surface area contributed by atoms with E-state index < -0.39 is 20.0 Å². The van der Waals surface area contributed by atoms with Crippen molar-refractivity contribution in [3.8, 4) is 0 Å². The van der Waals surface area contributed by atoms with Gasteiger partial charge in [0, 0.05) is 13.1 Å². The Bertz CT molecular complexity index is 1110. The van der Waals surface area contributed by atoms with Crippen LogP contribution in [0.4, 0.5) is 11.4 Å². The third-order valence-electron chi connectivity index (χ3n) is 5.43. The Hall–Kier alpha value is -2.06. The molecule has 1 fully saturated rings. The lowest BCUT2D eigenvalue weighted by atomic mass is 10.0. The van der Waals surface area contributed by atoms with Gasteiger partial charge in [-0.1, -0.05) is 18.2 Å². The fraction of sp³-hybridized carbons (Fsp3) is 0.400. The van der Waals surface area contributed by atoms with E-state index in [-0.39, 0.29) is 10.6 Å². The summed E-state index contributed by atoms with van der Waals surface area (Å²) in [5, 5.41) is 0. The maximum absolute atomic E-state index is 13.4. The first-order chi connectivity index (χ1) is 13.3. The van der Waals surface area contributed by atoms with Crippen molar-refractivity contribution in [2.45, 2.75) is 37.5 Å². The van der Waals surface area contributed by atoms with Gasteiger partial charge >= 0.3 is 0 Å². The molecule has 2 aromatic rings. The number of benzene rings is 2. The normalized spacial score (nSPS) is 19.3. The van der Waals surface area contributed by atoms with Crippen molar-refractivity contribution in [2.75, 3.05) is 27.5 Å². The summed E-state index contributed by atoms with van der Waals surface area (Å²) in [4.78, 5) is 0.224. The minimum atomic E-state index is -3.72. The summed E-state index contributed by atoms with van der Waals surface area (Å²) in [6.45, 7) is 2.61. The fourth-order valence-electron chi connectivity index (χ4n) is 4.02. The number of para-hydroxylation sites is 1. The molecule has 0 spiro atoms. The topological polar surface area (TPSA) is 74.8 Å². The molecule has 6 nitrogen and oxygen atoms in total. The number of hydrogen-bond donors (Lipinski definition) is 0. The molecule has 2 aliphatic heterocycles. The van der Waals surface area contributed by atoms with Crippen molar-refractivity contribution in [3.63, 3.8) is 0 Å². The number of hydrogen-bond acceptors (Lipinski definition) is 4. The molecule has 0 aromatic heterocycles. The molecule has 150 valence electrons. The van der Waals surface area contributed by atoms with Crippen LogP contribution in [-0.2, 0) is 26.5 Å². The number of fused-ring (bicyclic) bond motifs is 1. The van der Waals surface area contributed by atoms with E-state index in [0.717, 1.165) is 30.5 Å². The van der Waals surface area contributed by atoms with Gasteiger partial charge in [-0.25, -0.2) is 16.8 Å². The van der Waals surface area contributed by atoms with Crippen molar-refractivity contribution in [2.24, 2.45) is 0 Å². The van der Waals surface area contributed by atoms with E-state index in [2.05, 4.69) is 0 Å². The zero-order valence-corrected chi connectivity index (χ0v) is 17.5. The second-order valence-corrected chi connectivity index (χ2v) is 11.2. The second-order valence-electron chi connectivity index (χ2n) is 7.35. The molecule has 1 saturated heterocycles. The van der Waals surface area contributed by atoms with E-state index >= 15 is 0 Å². The summed E-state index contributed by atoms with van der Waals surface area (Å²) in [6, 6.07) is 12.4. The Labute approximate surface area is 166 Å². The van der Waals surface area contributed by atoms with Crippen LogP contribution in [0.3, 0.4) is 0 Å². The minimum Gasteiger partial charge on any atom is -0.270 e. The minimum absolute atomic E-state index is 0.136. The molecule has 0 aliphatic carbocycles. The number of nitrogens with zero attached hydrogens (tertiary/aromatic N) is 2. The predicted molar refractivity (Wildman–Crippen MR) is 111 cm³/mol. The lowest BCUT2D eigenvalue weighted by molar-refractivity contribution is 0.574. The van der Waals surface area contributed by atoms with Gasteiger partial charge in [-0.05, 0) is 68.0 Å². The maximum Gasteiger partial charge on any atom is 0.264 e. The molecular weight excluding hydrogens is 396 g/mol. The summed E-state index contributed by atoms with van der Waals surface area (Å²) in [5.41, 5.74) is 2.86. The molecule has 28 heavy (non-hydrogen) atoms. The third kappa shape index (κ3) is 3.28. The van der Waals surface area contributed by atoms with Crippen LogP contribution >= 0.6 is 0 Å². The Morgan fingerprint density at radius 2 is 1.75 bits per heavy atom. The second kappa shape index (κ2) is 7.08. The molecule has 0 atom stereocenters. The molecular formula is C20H24N2O4S2. The van der Waals surface area contributed by atoms with Crippen molar-refractivity contribution >= 4 is 31.4 Å². The summed E-state index contributed by atoms with van der Waals surface area (Å²) >= 11 is 0. The summed E-state index contributed by atoms with van der Waals surface area (Å²) < 4.78 is 54.4. The van der Waals surface area contributed by atoms with Crippen molar-refractivity contribution in [1.82, 2.24) is 0 Å². The quantitative estimate of drug-likeness (QED) is 0.765. The van der Waals surface area contributed by atoms with Crippen molar-refractivity contribution < 1.29 is 16.8 Å². The highest BCUT2D eigenvalue weighted by Crippen LogP contribution is 2.34. The lowest BCUT2D eigenvalue weighted by Crippen LogP contribution is -2.38. The van der Waals surface area contributed by atoms with Gasteiger partial charge in [0.15, 0.2) is 0 Å². The van der Waals surface area contributed by atoms with Crippen LogP contribution < -0.4 is 8.61 Å². The zero-order valence-electron chi connectivity index (χ0n) is 15.8. The van der Waals surface area contributed by atoms with E-state index in [1.54, 1.807) is 25.1 Å². The van der Waals surface area contributed by atoms with Gasteiger partial charge in [0.1, 0.15) is 0 Å². The van der Waals surface area contributed by atoms with Crippen molar-refractivity contribution in [3.05, 3.63) is 53.6 Å². The summed E-state index contributed by atoms with van der Waals surface area (Å²) in [5.74, 6) is 0.136. The van der Waals surface area contributed by atoms with Crippen LogP contribution in [0.25, 0.3) is 0 Å². The molecule has 8 heteroatoms. The largest absolute Gasteiger partial charge is 0.270 e.